The molecule has 1 N–H and O–H groups in total. The Morgan fingerprint density at radius 1 is 1.24 bits per heavy atom. The van der Waals surface area contributed by atoms with Gasteiger partial charge in [-0.3, -0.25) is 9.52 Å². The van der Waals surface area contributed by atoms with Crippen LogP contribution in [0.5, 0.6) is 17.2 Å². The van der Waals surface area contributed by atoms with Gasteiger partial charge in [-0.15, -0.1) is 17.9 Å². The normalized spacial score (nSPS) is 13.2. The first-order chi connectivity index (χ1) is 15.9. The molecular weight excluding hydrogens is 466 g/mol. The van der Waals surface area contributed by atoms with Gasteiger partial charge in [-0.05, 0) is 30.3 Å². The summed E-state index contributed by atoms with van der Waals surface area (Å²) in [6.07, 6.45) is 1.64. The van der Waals surface area contributed by atoms with E-state index in [0.717, 1.165) is 11.3 Å². The highest BCUT2D eigenvalue weighted by Crippen LogP contribution is 2.37. The van der Waals surface area contributed by atoms with Crippen LogP contribution >= 0.6 is 11.3 Å². The maximum Gasteiger partial charge on any atom is 0.267 e. The number of hydrogen-bond donors (Lipinski definition) is 1. The number of sulfonamides is 1. The number of benzene rings is 2. The largest absolute Gasteiger partial charge is 0.497 e. The van der Waals surface area contributed by atoms with E-state index in [4.69, 9.17) is 14.2 Å². The van der Waals surface area contributed by atoms with Gasteiger partial charge in [0.25, 0.3) is 15.9 Å². The Bertz CT molecular complexity index is 1320. The Morgan fingerprint density at radius 3 is 2.79 bits per heavy atom. The number of thiazole rings is 1. The molecule has 9 nitrogen and oxygen atoms in total. The first-order valence-corrected chi connectivity index (χ1v) is 12.1. The first-order valence-electron chi connectivity index (χ1n) is 9.75. The van der Waals surface area contributed by atoms with Crippen LogP contribution in [0.3, 0.4) is 0 Å². The van der Waals surface area contributed by atoms with E-state index in [2.05, 4.69) is 16.3 Å². The summed E-state index contributed by atoms with van der Waals surface area (Å²) in [5.74, 6) is 0.979. The van der Waals surface area contributed by atoms with E-state index in [-0.39, 0.29) is 28.3 Å². The van der Waals surface area contributed by atoms with Crippen LogP contribution in [0.2, 0.25) is 0 Å². The van der Waals surface area contributed by atoms with Crippen LogP contribution in [-0.2, 0) is 14.8 Å². The molecule has 3 aromatic rings. The molecule has 0 radical (unpaired) electrons. The number of carbonyl (C=O) groups excluding carboxylic acids is 1. The van der Waals surface area contributed by atoms with Crippen LogP contribution in [-0.4, -0.2) is 46.7 Å². The molecule has 33 heavy (non-hydrogen) atoms. The van der Waals surface area contributed by atoms with Gasteiger partial charge in [-0.25, -0.2) is 13.4 Å². The number of carbonyl (C=O) groups is 1. The van der Waals surface area contributed by atoms with Crippen LogP contribution in [0, 0.1) is 0 Å². The summed E-state index contributed by atoms with van der Waals surface area (Å²) < 4.78 is 44.3. The minimum atomic E-state index is -3.99. The predicted molar refractivity (Wildman–Crippen MR) is 126 cm³/mol. The molecule has 0 saturated carbocycles. The van der Waals surface area contributed by atoms with Crippen LogP contribution < -0.4 is 23.8 Å². The summed E-state index contributed by atoms with van der Waals surface area (Å²) in [6.45, 7) is 4.02. The van der Waals surface area contributed by atoms with E-state index >= 15 is 0 Å². The van der Waals surface area contributed by atoms with E-state index < -0.39 is 10.0 Å². The zero-order valence-corrected chi connectivity index (χ0v) is 19.5. The third-order valence-electron chi connectivity index (χ3n) is 4.90. The van der Waals surface area contributed by atoms with E-state index in [1.54, 1.807) is 40.6 Å². The Hall–Kier alpha value is -3.57. The fourth-order valence-electron chi connectivity index (χ4n) is 3.31. The molecule has 1 aliphatic rings. The van der Waals surface area contributed by atoms with Gasteiger partial charge in [0.2, 0.25) is 0 Å². The monoisotopic (exact) mass is 487 g/mol. The number of nitrogens with one attached hydrogen (secondary N) is 1. The SMILES string of the molecule is C=CCN1C(=O)COc2ccc(-c3csc(NS(=O)(=O)c4cc(OC)ccc4OC)n3)cc21. The Balaban J connectivity index is 1.63. The number of hydrogen-bond acceptors (Lipinski definition) is 8. The van der Waals surface area contributed by atoms with Crippen molar-refractivity contribution >= 4 is 38.1 Å². The summed E-state index contributed by atoms with van der Waals surface area (Å²) >= 11 is 1.14. The van der Waals surface area contributed by atoms with Crippen LogP contribution in [0.15, 0.2) is 59.3 Å². The molecule has 0 saturated heterocycles. The predicted octanol–water partition coefficient (Wildman–Crippen LogP) is 3.54. The molecule has 11 heteroatoms. The van der Waals surface area contributed by atoms with E-state index in [0.29, 0.717) is 35.0 Å². The van der Waals surface area contributed by atoms with Gasteiger partial charge in [-0.1, -0.05) is 6.08 Å². The Morgan fingerprint density at radius 2 is 2.06 bits per heavy atom. The van der Waals surface area contributed by atoms with Crippen molar-refractivity contribution in [3.8, 4) is 28.5 Å². The molecule has 1 aromatic heterocycles. The zero-order chi connectivity index (χ0) is 23.6. The van der Waals surface area contributed by atoms with E-state index in [1.165, 1.54) is 26.4 Å². The van der Waals surface area contributed by atoms with Gasteiger partial charge < -0.3 is 19.1 Å². The number of fused-ring (bicyclic) bond motifs is 1. The van der Waals surface area contributed by atoms with E-state index in [9.17, 15) is 13.2 Å². The van der Waals surface area contributed by atoms with E-state index in [1.807, 2.05) is 0 Å². The lowest BCUT2D eigenvalue weighted by Gasteiger charge is -2.28. The molecule has 0 atom stereocenters. The van der Waals surface area contributed by atoms with Crippen LogP contribution in [0.25, 0.3) is 11.3 Å². The van der Waals surface area contributed by atoms with Crippen molar-refractivity contribution in [2.24, 2.45) is 0 Å². The lowest BCUT2D eigenvalue weighted by molar-refractivity contribution is -0.121. The maximum absolute atomic E-state index is 13.0. The summed E-state index contributed by atoms with van der Waals surface area (Å²) in [6, 6.07) is 9.86. The van der Waals surface area contributed by atoms with Crippen LogP contribution in [0.1, 0.15) is 0 Å². The quantitative estimate of drug-likeness (QED) is 0.484. The lowest BCUT2D eigenvalue weighted by atomic mass is 10.1. The van der Waals surface area contributed by atoms with Gasteiger partial charge in [0, 0.05) is 23.6 Å². The minimum absolute atomic E-state index is 0.0312. The number of nitrogens with zero attached hydrogens (tertiary/aromatic N) is 2. The zero-order valence-electron chi connectivity index (χ0n) is 17.9. The molecular formula is C22H21N3O6S2. The number of anilines is 2. The van der Waals surface area contributed by atoms with Gasteiger partial charge in [0.15, 0.2) is 11.7 Å². The van der Waals surface area contributed by atoms with Gasteiger partial charge in [0.05, 0.1) is 25.6 Å². The summed E-state index contributed by atoms with van der Waals surface area (Å²) in [5, 5.41) is 1.91. The number of methoxy groups -OCH3 is 2. The highest BCUT2D eigenvalue weighted by molar-refractivity contribution is 7.93. The molecule has 2 heterocycles. The van der Waals surface area contributed by atoms with Gasteiger partial charge in [0.1, 0.15) is 22.1 Å². The minimum Gasteiger partial charge on any atom is -0.497 e. The summed E-state index contributed by atoms with van der Waals surface area (Å²) in [4.78, 5) is 18.2. The molecule has 2 aromatic carbocycles. The van der Waals surface area contributed by atoms with Gasteiger partial charge >= 0.3 is 0 Å². The average molecular weight is 488 g/mol. The third kappa shape index (κ3) is 4.50. The molecule has 0 unspecified atom stereocenters. The van der Waals surface area contributed by atoms with Crippen molar-refractivity contribution in [2.75, 3.05) is 37.0 Å². The number of rotatable bonds is 8. The first kappa shape index (κ1) is 22.6. The Kier molecular flexibility index (Phi) is 6.25. The number of ether oxygens (including phenoxy) is 3. The maximum atomic E-state index is 13.0. The second kappa shape index (κ2) is 9.12. The fraction of sp³-hybridized carbons (Fsp3) is 0.182. The standard InChI is InChI=1S/C22H21N3O6S2/c1-4-9-25-17-10-14(5-7-18(17)31-12-21(25)26)16-13-32-22(23-16)24-33(27,28)20-11-15(29-2)6-8-19(20)30-3/h4-8,10-11,13H,1,9,12H2,2-3H3,(H,23,24). The van der Waals surface area contributed by atoms with Crippen molar-refractivity contribution in [1.82, 2.24) is 4.98 Å². The number of aromatic nitrogens is 1. The molecule has 1 amide bonds. The van der Waals surface area contributed by atoms with Crippen molar-refractivity contribution in [1.29, 1.82) is 0 Å². The highest BCUT2D eigenvalue weighted by atomic mass is 32.2. The smallest absolute Gasteiger partial charge is 0.267 e. The van der Waals surface area contributed by atoms with Gasteiger partial charge in [-0.2, -0.15) is 0 Å². The fourth-order valence-corrected chi connectivity index (χ4v) is 5.47. The molecule has 0 fully saturated rings. The second-order valence-electron chi connectivity index (χ2n) is 6.92. The molecule has 1 aliphatic heterocycles. The Labute approximate surface area is 195 Å². The summed E-state index contributed by atoms with van der Waals surface area (Å²) in [7, 11) is -1.14. The molecule has 172 valence electrons. The third-order valence-corrected chi connectivity index (χ3v) is 7.14. The lowest BCUT2D eigenvalue weighted by Crippen LogP contribution is -2.38. The molecule has 0 aliphatic carbocycles. The number of amides is 1. The second-order valence-corrected chi connectivity index (χ2v) is 9.43. The average Bonchev–Trinajstić information content (AvgIpc) is 3.28. The van der Waals surface area contributed by atoms with Crippen molar-refractivity contribution in [3.05, 3.63) is 54.4 Å². The summed E-state index contributed by atoms with van der Waals surface area (Å²) in [5.41, 5.74) is 1.87. The molecule has 4 rings (SSSR count). The molecule has 0 bridgehead atoms. The van der Waals surface area contributed by atoms with Crippen molar-refractivity contribution in [3.63, 3.8) is 0 Å². The van der Waals surface area contributed by atoms with Crippen molar-refractivity contribution in [2.45, 2.75) is 4.90 Å². The topological polar surface area (TPSA) is 107 Å². The van der Waals surface area contributed by atoms with Crippen LogP contribution in [0.4, 0.5) is 10.8 Å². The molecule has 0 spiro atoms. The van der Waals surface area contributed by atoms with Crippen molar-refractivity contribution < 1.29 is 27.4 Å². The highest BCUT2D eigenvalue weighted by Gasteiger charge is 2.26.